The van der Waals surface area contributed by atoms with Crippen LogP contribution in [0.3, 0.4) is 0 Å². The van der Waals surface area contributed by atoms with Crippen LogP contribution < -0.4 is 5.32 Å². The lowest BCUT2D eigenvalue weighted by atomic mass is 10.1. The molecule has 0 spiro atoms. The van der Waals surface area contributed by atoms with Crippen molar-refractivity contribution in [2.24, 2.45) is 0 Å². The van der Waals surface area contributed by atoms with E-state index in [1.165, 1.54) is 6.07 Å². The molecule has 0 saturated heterocycles. The first kappa shape index (κ1) is 12.6. The Labute approximate surface area is 94.3 Å². The quantitative estimate of drug-likeness (QED) is 0.430. The predicted molar refractivity (Wildman–Crippen MR) is 61.5 cm³/mol. The number of aliphatic hydroxyl groups excluding tert-OH is 1. The molecule has 0 heterocycles. The van der Waals surface area contributed by atoms with Gasteiger partial charge in [0.15, 0.2) is 0 Å². The molecule has 0 unspecified atom stereocenters. The smallest absolute Gasteiger partial charge is 0.272 e. The molecule has 0 aliphatic heterocycles. The van der Waals surface area contributed by atoms with Crippen molar-refractivity contribution >= 4 is 5.69 Å². The van der Waals surface area contributed by atoms with E-state index in [0.29, 0.717) is 12.1 Å². The molecule has 0 aromatic heterocycles. The molecule has 1 aromatic rings. The number of nitro groups is 1. The van der Waals surface area contributed by atoms with Gasteiger partial charge in [-0.2, -0.15) is 0 Å². The number of aryl methyl sites for hydroxylation is 1. The Morgan fingerprint density at radius 1 is 1.44 bits per heavy atom. The van der Waals surface area contributed by atoms with Gasteiger partial charge in [-0.15, -0.1) is 0 Å². The monoisotopic (exact) mass is 224 g/mol. The van der Waals surface area contributed by atoms with Gasteiger partial charge in [-0.25, -0.2) is 0 Å². The van der Waals surface area contributed by atoms with Crippen molar-refractivity contribution in [2.75, 3.05) is 19.7 Å². The van der Waals surface area contributed by atoms with Gasteiger partial charge in [-0.3, -0.25) is 10.1 Å². The fraction of sp³-hybridized carbons (Fsp3) is 0.455. The molecular weight excluding hydrogens is 208 g/mol. The van der Waals surface area contributed by atoms with Crippen LogP contribution in [0.2, 0.25) is 0 Å². The first-order chi connectivity index (χ1) is 7.65. The summed E-state index contributed by atoms with van der Waals surface area (Å²) in [7, 11) is 0. The lowest BCUT2D eigenvalue weighted by molar-refractivity contribution is -0.385. The highest BCUT2D eigenvalue weighted by molar-refractivity contribution is 5.41. The third-order valence-corrected chi connectivity index (χ3v) is 2.34. The molecule has 5 nitrogen and oxygen atoms in total. The molecule has 0 aliphatic carbocycles. The molecule has 5 heteroatoms. The number of aliphatic hydroxyl groups is 1. The summed E-state index contributed by atoms with van der Waals surface area (Å²) in [5.74, 6) is 0. The van der Waals surface area contributed by atoms with E-state index < -0.39 is 0 Å². The molecule has 0 amide bonds. The minimum Gasteiger partial charge on any atom is -0.395 e. The molecule has 1 rings (SSSR count). The topological polar surface area (TPSA) is 75.4 Å². The van der Waals surface area contributed by atoms with E-state index in [1.807, 2.05) is 6.07 Å². The van der Waals surface area contributed by atoms with Gasteiger partial charge in [-0.1, -0.05) is 6.07 Å². The van der Waals surface area contributed by atoms with Crippen molar-refractivity contribution < 1.29 is 10.0 Å². The van der Waals surface area contributed by atoms with Crippen LogP contribution in [0.1, 0.15) is 11.1 Å². The first-order valence-corrected chi connectivity index (χ1v) is 5.20. The van der Waals surface area contributed by atoms with Gasteiger partial charge in [0.1, 0.15) is 0 Å². The van der Waals surface area contributed by atoms with Crippen LogP contribution in [0.15, 0.2) is 18.2 Å². The molecule has 0 radical (unpaired) electrons. The van der Waals surface area contributed by atoms with Crippen LogP contribution in [0.5, 0.6) is 0 Å². The molecule has 88 valence electrons. The van der Waals surface area contributed by atoms with Crippen molar-refractivity contribution in [3.05, 3.63) is 39.4 Å². The summed E-state index contributed by atoms with van der Waals surface area (Å²) in [6, 6.07) is 5.14. The molecule has 0 saturated carbocycles. The number of hydrogen-bond acceptors (Lipinski definition) is 4. The minimum atomic E-state index is -0.372. The Bertz CT molecular complexity index is 366. The summed E-state index contributed by atoms with van der Waals surface area (Å²) in [5, 5.41) is 22.2. The Kier molecular flexibility index (Phi) is 4.88. The SMILES string of the molecule is Cc1cc(CCNCCO)ccc1[N+](=O)[O-]. The van der Waals surface area contributed by atoms with Gasteiger partial charge in [0.2, 0.25) is 0 Å². The van der Waals surface area contributed by atoms with Crippen LogP contribution in [0.25, 0.3) is 0 Å². The highest BCUT2D eigenvalue weighted by Gasteiger charge is 2.09. The summed E-state index contributed by atoms with van der Waals surface area (Å²) < 4.78 is 0. The number of benzene rings is 1. The van der Waals surface area contributed by atoms with E-state index in [4.69, 9.17) is 5.11 Å². The fourth-order valence-electron chi connectivity index (χ4n) is 1.51. The third-order valence-electron chi connectivity index (χ3n) is 2.34. The van der Waals surface area contributed by atoms with E-state index in [-0.39, 0.29) is 17.2 Å². The zero-order valence-corrected chi connectivity index (χ0v) is 9.27. The molecule has 0 fully saturated rings. The van der Waals surface area contributed by atoms with E-state index in [0.717, 1.165) is 18.5 Å². The van der Waals surface area contributed by atoms with Gasteiger partial charge in [0, 0.05) is 18.2 Å². The minimum absolute atomic E-state index is 0.124. The standard InChI is InChI=1S/C11H16N2O3/c1-9-8-10(4-5-12-6-7-14)2-3-11(9)13(15)16/h2-3,8,12,14H,4-7H2,1H3. The predicted octanol–water partition coefficient (Wildman–Crippen LogP) is 1.03. The van der Waals surface area contributed by atoms with Gasteiger partial charge >= 0.3 is 0 Å². The first-order valence-electron chi connectivity index (χ1n) is 5.20. The maximum absolute atomic E-state index is 10.6. The largest absolute Gasteiger partial charge is 0.395 e. The number of hydrogen-bond donors (Lipinski definition) is 2. The maximum Gasteiger partial charge on any atom is 0.272 e. The molecule has 1 aromatic carbocycles. The summed E-state index contributed by atoms with van der Waals surface area (Å²) in [6.45, 7) is 3.20. The van der Waals surface area contributed by atoms with E-state index >= 15 is 0 Å². The average molecular weight is 224 g/mol. The van der Waals surface area contributed by atoms with Crippen LogP contribution in [0, 0.1) is 17.0 Å². The van der Waals surface area contributed by atoms with Gasteiger partial charge in [-0.05, 0) is 31.5 Å². The van der Waals surface area contributed by atoms with Gasteiger partial charge < -0.3 is 10.4 Å². The summed E-state index contributed by atoms with van der Waals surface area (Å²) >= 11 is 0. The molecule has 16 heavy (non-hydrogen) atoms. The Hall–Kier alpha value is -1.46. The number of nitrogens with zero attached hydrogens (tertiary/aromatic N) is 1. The normalized spacial score (nSPS) is 10.4. The van der Waals surface area contributed by atoms with Crippen molar-refractivity contribution in [2.45, 2.75) is 13.3 Å². The van der Waals surface area contributed by atoms with E-state index in [9.17, 15) is 10.1 Å². The zero-order valence-electron chi connectivity index (χ0n) is 9.27. The number of rotatable bonds is 6. The van der Waals surface area contributed by atoms with Crippen molar-refractivity contribution in [1.82, 2.24) is 5.32 Å². The Morgan fingerprint density at radius 2 is 2.19 bits per heavy atom. The molecular formula is C11H16N2O3. The number of nitrogens with one attached hydrogen (secondary N) is 1. The fourth-order valence-corrected chi connectivity index (χ4v) is 1.51. The van der Waals surface area contributed by atoms with E-state index in [2.05, 4.69) is 5.32 Å². The van der Waals surface area contributed by atoms with Crippen molar-refractivity contribution in [3.8, 4) is 0 Å². The summed E-state index contributed by atoms with van der Waals surface area (Å²) in [5.41, 5.74) is 1.91. The third kappa shape index (κ3) is 3.60. The second-order valence-electron chi connectivity index (χ2n) is 3.60. The lowest BCUT2D eigenvalue weighted by Crippen LogP contribution is -2.20. The van der Waals surface area contributed by atoms with Gasteiger partial charge in [0.05, 0.1) is 11.5 Å². The van der Waals surface area contributed by atoms with Crippen LogP contribution >= 0.6 is 0 Å². The van der Waals surface area contributed by atoms with Crippen LogP contribution in [0.4, 0.5) is 5.69 Å². The lowest BCUT2D eigenvalue weighted by Gasteiger charge is -2.04. The summed E-state index contributed by atoms with van der Waals surface area (Å²) in [4.78, 5) is 10.2. The zero-order chi connectivity index (χ0) is 12.0. The second kappa shape index (κ2) is 6.19. The Morgan fingerprint density at radius 3 is 2.75 bits per heavy atom. The Balaban J connectivity index is 2.56. The van der Waals surface area contributed by atoms with Crippen molar-refractivity contribution in [3.63, 3.8) is 0 Å². The van der Waals surface area contributed by atoms with Gasteiger partial charge in [0.25, 0.3) is 5.69 Å². The highest BCUT2D eigenvalue weighted by atomic mass is 16.6. The molecule has 0 atom stereocenters. The van der Waals surface area contributed by atoms with Crippen molar-refractivity contribution in [1.29, 1.82) is 0 Å². The van der Waals surface area contributed by atoms with Crippen LogP contribution in [-0.4, -0.2) is 29.7 Å². The van der Waals surface area contributed by atoms with Crippen LogP contribution in [-0.2, 0) is 6.42 Å². The molecule has 0 aliphatic rings. The highest BCUT2D eigenvalue weighted by Crippen LogP contribution is 2.18. The summed E-state index contributed by atoms with van der Waals surface area (Å²) in [6.07, 6.45) is 0.804. The van der Waals surface area contributed by atoms with E-state index in [1.54, 1.807) is 13.0 Å². The maximum atomic E-state index is 10.6. The molecule has 2 N–H and O–H groups in total. The number of nitro benzene ring substituents is 1. The average Bonchev–Trinajstić information content (AvgIpc) is 2.24. The second-order valence-corrected chi connectivity index (χ2v) is 3.60. The molecule has 0 bridgehead atoms.